The van der Waals surface area contributed by atoms with Crippen molar-refractivity contribution in [3.05, 3.63) is 27.5 Å². The van der Waals surface area contributed by atoms with Gasteiger partial charge in [0.2, 0.25) is 0 Å². The Labute approximate surface area is 108 Å². The molecule has 0 aliphatic carbocycles. The number of rotatable bonds is 2. The maximum Gasteiger partial charge on any atom is 0.0490 e. The summed E-state index contributed by atoms with van der Waals surface area (Å²) in [5, 5.41) is 3.62. The van der Waals surface area contributed by atoms with Gasteiger partial charge in [0.1, 0.15) is 0 Å². The van der Waals surface area contributed by atoms with E-state index in [4.69, 9.17) is 0 Å². The maximum absolute atomic E-state index is 4.53. The lowest BCUT2D eigenvalue weighted by molar-refractivity contribution is 0.651. The van der Waals surface area contributed by atoms with E-state index in [0.717, 1.165) is 15.8 Å². The van der Waals surface area contributed by atoms with E-state index < -0.39 is 0 Å². The highest BCUT2D eigenvalue weighted by Gasteiger charge is 2.09. The van der Waals surface area contributed by atoms with Crippen LogP contribution >= 0.6 is 39.9 Å². The fraction of sp³-hybridized carbons (Fsp3) is 0.333. The molecule has 2 rings (SSSR count). The van der Waals surface area contributed by atoms with Crippen LogP contribution < -0.4 is 0 Å². The van der Waals surface area contributed by atoms with Crippen LogP contribution in [0.5, 0.6) is 0 Å². The fourth-order valence-corrected chi connectivity index (χ4v) is 3.56. The van der Waals surface area contributed by atoms with E-state index in [9.17, 15) is 0 Å². The average molecular weight is 301 g/mol. The van der Waals surface area contributed by atoms with Crippen molar-refractivity contribution in [1.29, 1.82) is 0 Å². The van der Waals surface area contributed by atoms with Crippen LogP contribution in [-0.2, 0) is 6.42 Å². The number of halogens is 1. The summed E-state index contributed by atoms with van der Waals surface area (Å²) in [6.45, 7) is 4.51. The Bertz CT molecular complexity index is 486. The summed E-state index contributed by atoms with van der Waals surface area (Å²) in [4.78, 5) is 1.06. The van der Waals surface area contributed by atoms with E-state index >= 15 is 0 Å². The molecule has 0 saturated heterocycles. The molecule has 0 atom stereocenters. The zero-order valence-corrected chi connectivity index (χ0v) is 12.0. The van der Waals surface area contributed by atoms with E-state index in [-0.39, 0.29) is 0 Å². The van der Waals surface area contributed by atoms with Gasteiger partial charge in [-0.1, -0.05) is 19.9 Å². The summed E-state index contributed by atoms with van der Waals surface area (Å²) >= 11 is 9.83. The molecule has 0 fully saturated rings. The van der Waals surface area contributed by atoms with Crippen LogP contribution in [0.4, 0.5) is 0 Å². The number of hydrogen-bond acceptors (Lipinski definition) is 2. The van der Waals surface area contributed by atoms with Gasteiger partial charge in [-0.05, 0) is 50.7 Å². The van der Waals surface area contributed by atoms with Crippen molar-refractivity contribution < 1.29 is 0 Å². The molecule has 3 heteroatoms. The van der Waals surface area contributed by atoms with Gasteiger partial charge in [0, 0.05) is 14.1 Å². The van der Waals surface area contributed by atoms with Crippen molar-refractivity contribution in [1.82, 2.24) is 0 Å². The molecule has 0 saturated carbocycles. The maximum atomic E-state index is 4.53. The minimum Gasteiger partial charge on any atom is -0.142 e. The van der Waals surface area contributed by atoms with Crippen molar-refractivity contribution in [3.63, 3.8) is 0 Å². The number of benzene rings is 1. The summed E-state index contributed by atoms with van der Waals surface area (Å²) < 4.78 is 2.37. The molecule has 0 nitrogen and oxygen atoms in total. The molecule has 0 spiro atoms. The third-order valence-corrected chi connectivity index (χ3v) is 5.02. The first-order chi connectivity index (χ1) is 7.09. The van der Waals surface area contributed by atoms with E-state index in [1.54, 1.807) is 11.3 Å². The zero-order valence-electron chi connectivity index (χ0n) is 8.75. The highest BCUT2D eigenvalue weighted by Crippen LogP contribution is 2.36. The van der Waals surface area contributed by atoms with Crippen molar-refractivity contribution in [3.8, 4) is 0 Å². The quantitative estimate of drug-likeness (QED) is 0.729. The second-order valence-corrected chi connectivity index (χ2v) is 6.31. The molecule has 0 N–H and O–H groups in total. The highest BCUT2D eigenvalue weighted by molar-refractivity contribution is 9.10. The predicted molar refractivity (Wildman–Crippen MR) is 75.3 cm³/mol. The van der Waals surface area contributed by atoms with E-state index in [2.05, 4.69) is 59.9 Å². The monoisotopic (exact) mass is 300 g/mol. The molecule has 1 aromatic carbocycles. The predicted octanol–water partition coefficient (Wildman–Crippen LogP) is 5.15. The van der Waals surface area contributed by atoms with Crippen LogP contribution in [0, 0.1) is 5.92 Å². The van der Waals surface area contributed by atoms with Crippen LogP contribution in [0.15, 0.2) is 26.9 Å². The lowest BCUT2D eigenvalue weighted by atomic mass is 10.0. The summed E-state index contributed by atoms with van der Waals surface area (Å²) in [7, 11) is 0. The molecule has 0 unspecified atom stereocenters. The van der Waals surface area contributed by atoms with Crippen molar-refractivity contribution in [2.24, 2.45) is 5.92 Å². The van der Waals surface area contributed by atoms with Gasteiger partial charge in [-0.15, -0.1) is 24.0 Å². The first kappa shape index (κ1) is 11.5. The normalized spacial score (nSPS) is 11.5. The minimum absolute atomic E-state index is 0.704. The minimum atomic E-state index is 0.704. The molecule has 15 heavy (non-hydrogen) atoms. The Hall–Kier alpha value is 0.01000. The SMILES string of the molecule is CC(C)Cc1csc2c(S)c(Br)ccc12. The van der Waals surface area contributed by atoms with E-state index in [1.165, 1.54) is 15.6 Å². The molecule has 80 valence electrons. The molecule has 1 heterocycles. The second-order valence-electron chi connectivity index (χ2n) is 4.13. The Morgan fingerprint density at radius 1 is 1.40 bits per heavy atom. The van der Waals surface area contributed by atoms with Crippen molar-refractivity contribution in [2.45, 2.75) is 25.2 Å². The van der Waals surface area contributed by atoms with Gasteiger partial charge >= 0.3 is 0 Å². The summed E-state index contributed by atoms with van der Waals surface area (Å²) in [6.07, 6.45) is 1.15. The molecule has 2 aromatic rings. The lowest BCUT2D eigenvalue weighted by Crippen LogP contribution is -1.92. The Kier molecular flexibility index (Phi) is 3.43. The molecular formula is C12H13BrS2. The fourth-order valence-electron chi connectivity index (χ4n) is 1.71. The average Bonchev–Trinajstić information content (AvgIpc) is 2.55. The van der Waals surface area contributed by atoms with E-state index in [0.29, 0.717) is 5.92 Å². The lowest BCUT2D eigenvalue weighted by Gasteiger charge is -2.04. The van der Waals surface area contributed by atoms with Crippen LogP contribution in [0.1, 0.15) is 19.4 Å². The molecule has 0 aliphatic heterocycles. The van der Waals surface area contributed by atoms with Crippen molar-refractivity contribution in [2.75, 3.05) is 0 Å². The van der Waals surface area contributed by atoms with Crippen LogP contribution in [-0.4, -0.2) is 0 Å². The Balaban J connectivity index is 2.57. The van der Waals surface area contributed by atoms with Gasteiger partial charge in [-0.2, -0.15) is 0 Å². The summed E-state index contributed by atoms with van der Waals surface area (Å²) in [5.74, 6) is 0.704. The van der Waals surface area contributed by atoms with Crippen LogP contribution in [0.3, 0.4) is 0 Å². The first-order valence-corrected chi connectivity index (χ1v) is 7.09. The first-order valence-electron chi connectivity index (χ1n) is 4.97. The number of thiol groups is 1. The molecular weight excluding hydrogens is 288 g/mol. The summed E-state index contributed by atoms with van der Waals surface area (Å²) in [6, 6.07) is 4.27. The Morgan fingerprint density at radius 2 is 2.13 bits per heavy atom. The molecule has 0 amide bonds. The van der Waals surface area contributed by atoms with Gasteiger partial charge < -0.3 is 0 Å². The number of thiophene rings is 1. The van der Waals surface area contributed by atoms with Gasteiger partial charge in [0.15, 0.2) is 0 Å². The summed E-state index contributed by atoms with van der Waals surface area (Å²) in [5.41, 5.74) is 1.45. The van der Waals surface area contributed by atoms with E-state index in [1.807, 2.05) is 0 Å². The number of hydrogen-bond donors (Lipinski definition) is 1. The largest absolute Gasteiger partial charge is 0.142 e. The van der Waals surface area contributed by atoms with Crippen LogP contribution in [0.2, 0.25) is 0 Å². The van der Waals surface area contributed by atoms with Gasteiger partial charge in [0.05, 0.1) is 0 Å². The smallest absolute Gasteiger partial charge is 0.0490 e. The molecule has 0 bridgehead atoms. The van der Waals surface area contributed by atoms with Crippen LogP contribution in [0.25, 0.3) is 10.1 Å². The molecule has 0 aliphatic rings. The second kappa shape index (κ2) is 4.48. The van der Waals surface area contributed by atoms with Gasteiger partial charge in [-0.3, -0.25) is 0 Å². The Morgan fingerprint density at radius 3 is 2.80 bits per heavy atom. The molecule has 0 radical (unpaired) electrons. The standard InChI is InChI=1S/C12H13BrS2/c1-7(2)5-8-6-15-12-9(8)3-4-10(13)11(12)14/h3-4,6-7,14H,5H2,1-2H3. The van der Waals surface area contributed by atoms with Gasteiger partial charge in [0.25, 0.3) is 0 Å². The topological polar surface area (TPSA) is 0 Å². The van der Waals surface area contributed by atoms with Gasteiger partial charge in [-0.25, -0.2) is 0 Å². The molecule has 1 aromatic heterocycles. The number of fused-ring (bicyclic) bond motifs is 1. The third-order valence-electron chi connectivity index (χ3n) is 2.38. The third kappa shape index (κ3) is 2.24. The zero-order chi connectivity index (χ0) is 11.0. The van der Waals surface area contributed by atoms with Crippen molar-refractivity contribution >= 4 is 50.0 Å². The highest BCUT2D eigenvalue weighted by atomic mass is 79.9.